The molecule has 0 aliphatic rings. The molecule has 0 spiro atoms. The van der Waals surface area contributed by atoms with E-state index >= 15 is 0 Å². The zero-order chi connectivity index (χ0) is 9.42. The van der Waals surface area contributed by atoms with Crippen LogP contribution in [0.15, 0.2) is 39.6 Å². The molecule has 3 heteroatoms. The van der Waals surface area contributed by atoms with Gasteiger partial charge in [0.05, 0.1) is 5.52 Å². The lowest BCUT2D eigenvalue weighted by Crippen LogP contribution is -2.15. The largest absolute Gasteiger partial charge is 0.310 e. The van der Waals surface area contributed by atoms with E-state index in [9.17, 15) is 4.79 Å². The maximum atomic E-state index is 11.3. The van der Waals surface area contributed by atoms with Gasteiger partial charge in [0.15, 0.2) is 0 Å². The van der Waals surface area contributed by atoms with Gasteiger partial charge in [0, 0.05) is 17.6 Å². The molecule has 0 atom stereocenters. The quantitative estimate of drug-likeness (QED) is 0.690. The summed E-state index contributed by atoms with van der Waals surface area (Å²) in [5.41, 5.74) is 0.953. The van der Waals surface area contributed by atoms with E-state index < -0.39 is 0 Å². The molecule has 66 valence electrons. The van der Waals surface area contributed by atoms with Gasteiger partial charge in [-0.3, -0.25) is 4.79 Å². The van der Waals surface area contributed by atoms with Gasteiger partial charge in [-0.15, -0.1) is 0 Å². The molecule has 0 aliphatic carbocycles. The summed E-state index contributed by atoms with van der Waals surface area (Å²) in [7, 11) is 1.77. The van der Waals surface area contributed by atoms with Crippen LogP contribution in [0, 0.1) is 0 Å². The van der Waals surface area contributed by atoms with Crippen LogP contribution in [-0.2, 0) is 7.05 Å². The normalized spacial score (nSPS) is 10.6. The predicted octanol–water partition coefficient (Wildman–Crippen LogP) is 2.30. The molecule has 1 heterocycles. The third kappa shape index (κ3) is 1.29. The Labute approximate surface area is 83.9 Å². The first-order valence-electron chi connectivity index (χ1n) is 3.94. The molecule has 2 nitrogen and oxygen atoms in total. The number of aromatic nitrogens is 1. The summed E-state index contributed by atoms with van der Waals surface area (Å²) >= 11 is 3.42. The zero-order valence-corrected chi connectivity index (χ0v) is 8.71. The van der Waals surface area contributed by atoms with E-state index in [4.69, 9.17) is 0 Å². The molecule has 0 fully saturated rings. The number of nitrogens with zero attached hydrogens (tertiary/aromatic N) is 1. The lowest BCUT2D eigenvalue weighted by atomic mass is 10.2. The van der Waals surface area contributed by atoms with Gasteiger partial charge in [-0.05, 0) is 33.4 Å². The summed E-state index contributed by atoms with van der Waals surface area (Å²) in [4.78, 5) is 11.3. The van der Waals surface area contributed by atoms with Crippen molar-refractivity contribution in [2.24, 2.45) is 7.05 Å². The molecular weight excluding hydrogens is 230 g/mol. The van der Waals surface area contributed by atoms with Crippen molar-refractivity contribution in [1.82, 2.24) is 4.57 Å². The van der Waals surface area contributed by atoms with Crippen LogP contribution in [0.1, 0.15) is 0 Å². The number of halogens is 1. The van der Waals surface area contributed by atoms with E-state index in [1.54, 1.807) is 17.7 Å². The summed E-state index contributed by atoms with van der Waals surface area (Å²) in [6.45, 7) is 0. The SMILES string of the molecule is Cn1c(=O)ccc2cccc(Br)c21. The van der Waals surface area contributed by atoms with Crippen LogP contribution in [0.5, 0.6) is 0 Å². The lowest BCUT2D eigenvalue weighted by Gasteiger charge is -2.05. The maximum absolute atomic E-state index is 11.3. The number of benzene rings is 1. The standard InChI is InChI=1S/C10H8BrNO/c1-12-9(13)6-5-7-3-2-4-8(11)10(7)12/h2-6H,1H3. The van der Waals surface area contributed by atoms with Crippen molar-refractivity contribution >= 4 is 26.8 Å². The predicted molar refractivity (Wildman–Crippen MR) is 56.9 cm³/mol. The van der Waals surface area contributed by atoms with Crippen molar-refractivity contribution < 1.29 is 0 Å². The highest BCUT2D eigenvalue weighted by Gasteiger charge is 2.01. The molecule has 0 unspecified atom stereocenters. The minimum Gasteiger partial charge on any atom is -0.310 e. The molecule has 13 heavy (non-hydrogen) atoms. The topological polar surface area (TPSA) is 22.0 Å². The van der Waals surface area contributed by atoms with Crippen molar-refractivity contribution in [3.05, 3.63) is 45.2 Å². The minimum absolute atomic E-state index is 0.0133. The average Bonchev–Trinajstić information content (AvgIpc) is 2.12. The first-order valence-corrected chi connectivity index (χ1v) is 4.74. The molecule has 1 aromatic heterocycles. The fraction of sp³-hybridized carbons (Fsp3) is 0.100. The number of rotatable bonds is 0. The third-order valence-corrected chi connectivity index (χ3v) is 2.73. The molecule has 2 aromatic rings. The lowest BCUT2D eigenvalue weighted by molar-refractivity contribution is 0.904. The molecule has 1 aromatic carbocycles. The highest BCUT2D eigenvalue weighted by molar-refractivity contribution is 9.10. The van der Waals surface area contributed by atoms with Crippen LogP contribution in [0.3, 0.4) is 0 Å². The number of para-hydroxylation sites is 1. The van der Waals surface area contributed by atoms with E-state index in [1.165, 1.54) is 0 Å². The molecule has 0 saturated carbocycles. The fourth-order valence-corrected chi connectivity index (χ4v) is 2.05. The van der Waals surface area contributed by atoms with E-state index in [-0.39, 0.29) is 5.56 Å². The fourth-order valence-electron chi connectivity index (χ4n) is 1.40. The molecule has 0 amide bonds. The number of fused-ring (bicyclic) bond motifs is 1. The Morgan fingerprint density at radius 2 is 2.00 bits per heavy atom. The first-order chi connectivity index (χ1) is 6.20. The van der Waals surface area contributed by atoms with Gasteiger partial charge in [-0.1, -0.05) is 12.1 Å². The number of aryl methyl sites for hydroxylation is 1. The van der Waals surface area contributed by atoms with E-state index in [0.717, 1.165) is 15.4 Å². The Bertz CT molecular complexity index is 516. The molecule has 0 aliphatic heterocycles. The van der Waals surface area contributed by atoms with E-state index in [2.05, 4.69) is 15.9 Å². The van der Waals surface area contributed by atoms with Gasteiger partial charge in [-0.25, -0.2) is 0 Å². The zero-order valence-electron chi connectivity index (χ0n) is 7.12. The second kappa shape index (κ2) is 3.00. The van der Waals surface area contributed by atoms with Crippen LogP contribution in [0.25, 0.3) is 10.9 Å². The van der Waals surface area contributed by atoms with E-state index in [1.807, 2.05) is 24.3 Å². The number of hydrogen-bond donors (Lipinski definition) is 0. The number of pyridine rings is 1. The Balaban J connectivity index is 3.05. The van der Waals surface area contributed by atoms with Gasteiger partial charge in [-0.2, -0.15) is 0 Å². The molecule has 0 saturated heterocycles. The summed E-state index contributed by atoms with van der Waals surface area (Å²) in [5, 5.41) is 1.07. The van der Waals surface area contributed by atoms with Crippen molar-refractivity contribution in [3.8, 4) is 0 Å². The Morgan fingerprint density at radius 1 is 1.23 bits per heavy atom. The Kier molecular flexibility index (Phi) is 1.96. The average molecular weight is 238 g/mol. The highest BCUT2D eigenvalue weighted by Crippen LogP contribution is 2.21. The molecule has 0 radical (unpaired) electrons. The summed E-state index contributed by atoms with van der Waals surface area (Å²) in [6, 6.07) is 9.29. The van der Waals surface area contributed by atoms with Gasteiger partial charge in [0.1, 0.15) is 0 Å². The maximum Gasteiger partial charge on any atom is 0.250 e. The second-order valence-electron chi connectivity index (χ2n) is 2.91. The number of hydrogen-bond acceptors (Lipinski definition) is 1. The van der Waals surface area contributed by atoms with Crippen molar-refractivity contribution in [2.75, 3.05) is 0 Å². The first kappa shape index (κ1) is 8.51. The van der Waals surface area contributed by atoms with Gasteiger partial charge in [0.2, 0.25) is 0 Å². The molecule has 0 bridgehead atoms. The van der Waals surface area contributed by atoms with Crippen LogP contribution in [-0.4, -0.2) is 4.57 Å². The third-order valence-electron chi connectivity index (χ3n) is 2.09. The summed E-state index contributed by atoms with van der Waals surface area (Å²) in [6.07, 6.45) is 0. The van der Waals surface area contributed by atoms with Crippen LogP contribution in [0.4, 0.5) is 0 Å². The molecule has 2 rings (SSSR count). The van der Waals surface area contributed by atoms with Gasteiger partial charge >= 0.3 is 0 Å². The molecule has 0 N–H and O–H groups in total. The monoisotopic (exact) mass is 237 g/mol. The van der Waals surface area contributed by atoms with Crippen LogP contribution >= 0.6 is 15.9 Å². The van der Waals surface area contributed by atoms with Crippen LogP contribution in [0.2, 0.25) is 0 Å². The molecular formula is C10H8BrNO. The van der Waals surface area contributed by atoms with Crippen molar-refractivity contribution in [2.45, 2.75) is 0 Å². The summed E-state index contributed by atoms with van der Waals surface area (Å²) < 4.78 is 2.59. The highest BCUT2D eigenvalue weighted by atomic mass is 79.9. The van der Waals surface area contributed by atoms with Gasteiger partial charge < -0.3 is 4.57 Å². The smallest absolute Gasteiger partial charge is 0.250 e. The van der Waals surface area contributed by atoms with Gasteiger partial charge in [0.25, 0.3) is 5.56 Å². The van der Waals surface area contributed by atoms with Crippen molar-refractivity contribution in [3.63, 3.8) is 0 Å². The van der Waals surface area contributed by atoms with E-state index in [0.29, 0.717) is 0 Å². The minimum atomic E-state index is 0.0133. The summed E-state index contributed by atoms with van der Waals surface area (Å²) in [5.74, 6) is 0. The Hall–Kier alpha value is -1.09. The van der Waals surface area contributed by atoms with Crippen molar-refractivity contribution in [1.29, 1.82) is 0 Å². The second-order valence-corrected chi connectivity index (χ2v) is 3.76. The van der Waals surface area contributed by atoms with Crippen LogP contribution < -0.4 is 5.56 Å². The Morgan fingerprint density at radius 3 is 2.77 bits per heavy atom.